The van der Waals surface area contributed by atoms with Crippen LogP contribution in [0.15, 0.2) is 0 Å². The molecule has 0 bridgehead atoms. The Kier molecular flexibility index (Phi) is 4.69. The van der Waals surface area contributed by atoms with Crippen molar-refractivity contribution in [3.63, 3.8) is 0 Å². The van der Waals surface area contributed by atoms with Crippen LogP contribution in [-0.4, -0.2) is 11.6 Å². The Bertz CT molecular complexity index is 266. The molecular formula is C14H24O2. The highest BCUT2D eigenvalue weighted by molar-refractivity contribution is 6.38. The molecule has 2 nitrogen and oxygen atoms in total. The molecule has 0 aliphatic heterocycles. The molecule has 0 radical (unpaired) electrons. The maximum atomic E-state index is 11.7. The summed E-state index contributed by atoms with van der Waals surface area (Å²) in [7, 11) is 0. The topological polar surface area (TPSA) is 34.1 Å². The first-order valence-electron chi connectivity index (χ1n) is 6.47. The van der Waals surface area contributed by atoms with Gasteiger partial charge in [-0.2, -0.15) is 0 Å². The lowest BCUT2D eigenvalue weighted by Gasteiger charge is -2.29. The Labute approximate surface area is 98.8 Å². The quantitative estimate of drug-likeness (QED) is 0.687. The average molecular weight is 224 g/mol. The molecular weight excluding hydrogens is 200 g/mol. The van der Waals surface area contributed by atoms with Gasteiger partial charge in [0, 0.05) is 12.3 Å². The normalized spacial score (nSPS) is 26.9. The summed E-state index contributed by atoms with van der Waals surface area (Å²) in [6, 6.07) is 0. The minimum absolute atomic E-state index is 0.00463. The van der Waals surface area contributed by atoms with Crippen molar-refractivity contribution in [2.45, 2.75) is 53.4 Å². The van der Waals surface area contributed by atoms with Crippen LogP contribution >= 0.6 is 0 Å². The van der Waals surface area contributed by atoms with Gasteiger partial charge in [-0.05, 0) is 37.0 Å². The van der Waals surface area contributed by atoms with Crippen LogP contribution in [0, 0.1) is 23.7 Å². The fourth-order valence-electron chi connectivity index (χ4n) is 2.80. The van der Waals surface area contributed by atoms with Crippen LogP contribution in [0.5, 0.6) is 0 Å². The molecule has 1 fully saturated rings. The van der Waals surface area contributed by atoms with Crippen molar-refractivity contribution in [3.05, 3.63) is 0 Å². The molecule has 16 heavy (non-hydrogen) atoms. The van der Waals surface area contributed by atoms with Gasteiger partial charge in [0.1, 0.15) is 0 Å². The molecule has 0 spiro atoms. The number of carbonyl (C=O) groups is 2. The smallest absolute Gasteiger partial charge is 0.201 e. The molecule has 0 saturated heterocycles. The Balaban J connectivity index is 2.61. The molecule has 0 amide bonds. The molecule has 0 aromatic carbocycles. The molecule has 1 aliphatic carbocycles. The van der Waals surface area contributed by atoms with E-state index in [0.29, 0.717) is 24.2 Å². The molecule has 0 unspecified atom stereocenters. The highest BCUT2D eigenvalue weighted by atomic mass is 16.2. The van der Waals surface area contributed by atoms with E-state index >= 15 is 0 Å². The van der Waals surface area contributed by atoms with Crippen LogP contribution in [0.3, 0.4) is 0 Å². The van der Waals surface area contributed by atoms with Crippen LogP contribution in [0.25, 0.3) is 0 Å². The summed E-state index contributed by atoms with van der Waals surface area (Å²) in [6.45, 7) is 8.59. The fraction of sp³-hybridized carbons (Fsp3) is 0.857. The molecule has 0 N–H and O–H groups in total. The minimum Gasteiger partial charge on any atom is -0.291 e. The minimum atomic E-state index is -0.123. The number of rotatable bonds is 4. The highest BCUT2D eigenvalue weighted by Crippen LogP contribution is 2.32. The summed E-state index contributed by atoms with van der Waals surface area (Å²) >= 11 is 0. The average Bonchev–Trinajstić information content (AvgIpc) is 2.11. The second kappa shape index (κ2) is 5.60. The Morgan fingerprint density at radius 3 is 2.12 bits per heavy atom. The summed E-state index contributed by atoms with van der Waals surface area (Å²) in [5.41, 5.74) is 0. The largest absolute Gasteiger partial charge is 0.291 e. The first kappa shape index (κ1) is 13.4. The molecule has 1 saturated carbocycles. The maximum Gasteiger partial charge on any atom is 0.201 e. The first-order valence-corrected chi connectivity index (χ1v) is 6.47. The zero-order chi connectivity index (χ0) is 12.3. The van der Waals surface area contributed by atoms with Crippen molar-refractivity contribution in [2.75, 3.05) is 0 Å². The molecule has 2 atom stereocenters. The summed E-state index contributed by atoms with van der Waals surface area (Å²) in [5.74, 6) is 1.33. The highest BCUT2D eigenvalue weighted by Gasteiger charge is 2.35. The Hall–Kier alpha value is -0.660. The van der Waals surface area contributed by atoms with Crippen molar-refractivity contribution < 1.29 is 9.59 Å². The van der Waals surface area contributed by atoms with Gasteiger partial charge >= 0.3 is 0 Å². The van der Waals surface area contributed by atoms with E-state index in [1.807, 2.05) is 0 Å². The van der Waals surface area contributed by atoms with Gasteiger partial charge in [-0.3, -0.25) is 9.59 Å². The van der Waals surface area contributed by atoms with Gasteiger partial charge in [-0.15, -0.1) is 0 Å². The molecule has 2 heteroatoms. The molecule has 1 aliphatic rings. The van der Waals surface area contributed by atoms with Crippen LogP contribution in [-0.2, 0) is 9.59 Å². The number of carbonyl (C=O) groups excluding carboxylic acids is 2. The second-order valence-corrected chi connectivity index (χ2v) is 6.05. The monoisotopic (exact) mass is 224 g/mol. The lowest BCUT2D eigenvalue weighted by atomic mass is 9.74. The van der Waals surface area contributed by atoms with Crippen molar-refractivity contribution in [2.24, 2.45) is 23.7 Å². The van der Waals surface area contributed by atoms with Gasteiger partial charge in [-0.25, -0.2) is 0 Å². The van der Waals surface area contributed by atoms with Gasteiger partial charge in [0.15, 0.2) is 5.78 Å². The van der Waals surface area contributed by atoms with Crippen molar-refractivity contribution in [3.8, 4) is 0 Å². The SMILES string of the molecule is CC(C)C[C@@H]1CC(=O)C(=O)[C@H](CC(C)C)C1. The van der Waals surface area contributed by atoms with E-state index in [1.165, 1.54) is 0 Å². The van der Waals surface area contributed by atoms with E-state index in [0.717, 1.165) is 19.3 Å². The van der Waals surface area contributed by atoms with Gasteiger partial charge in [0.05, 0.1) is 0 Å². The zero-order valence-electron chi connectivity index (χ0n) is 11.0. The van der Waals surface area contributed by atoms with Crippen molar-refractivity contribution in [1.29, 1.82) is 0 Å². The van der Waals surface area contributed by atoms with E-state index in [2.05, 4.69) is 27.7 Å². The van der Waals surface area contributed by atoms with E-state index in [4.69, 9.17) is 0 Å². The summed E-state index contributed by atoms with van der Waals surface area (Å²) in [4.78, 5) is 23.4. The molecule has 0 aromatic heterocycles. The zero-order valence-corrected chi connectivity index (χ0v) is 11.0. The Morgan fingerprint density at radius 2 is 1.62 bits per heavy atom. The van der Waals surface area contributed by atoms with E-state index in [1.54, 1.807) is 0 Å². The van der Waals surface area contributed by atoms with E-state index in [-0.39, 0.29) is 17.5 Å². The summed E-state index contributed by atoms with van der Waals surface area (Å²) in [5, 5.41) is 0. The van der Waals surface area contributed by atoms with Gasteiger partial charge < -0.3 is 0 Å². The van der Waals surface area contributed by atoms with Crippen molar-refractivity contribution in [1.82, 2.24) is 0 Å². The molecule has 0 heterocycles. The third-order valence-corrected chi connectivity index (χ3v) is 3.30. The molecule has 92 valence electrons. The number of Topliss-reactive ketones (excluding diaryl/α,β-unsaturated/α-hetero) is 2. The molecule has 1 rings (SSSR count). The predicted molar refractivity (Wildman–Crippen MR) is 65.1 cm³/mol. The third kappa shape index (κ3) is 3.73. The van der Waals surface area contributed by atoms with Crippen LogP contribution in [0.1, 0.15) is 53.4 Å². The third-order valence-electron chi connectivity index (χ3n) is 3.30. The van der Waals surface area contributed by atoms with Gasteiger partial charge in [0.2, 0.25) is 5.78 Å². The van der Waals surface area contributed by atoms with Crippen molar-refractivity contribution >= 4 is 11.6 Å². The predicted octanol–water partition coefficient (Wildman–Crippen LogP) is 3.24. The summed E-state index contributed by atoms with van der Waals surface area (Å²) in [6.07, 6.45) is 3.37. The summed E-state index contributed by atoms with van der Waals surface area (Å²) < 4.78 is 0. The van der Waals surface area contributed by atoms with Crippen LogP contribution in [0.4, 0.5) is 0 Å². The maximum absolute atomic E-state index is 11.7. The second-order valence-electron chi connectivity index (χ2n) is 6.05. The van der Waals surface area contributed by atoms with Crippen LogP contribution < -0.4 is 0 Å². The van der Waals surface area contributed by atoms with Crippen LogP contribution in [0.2, 0.25) is 0 Å². The molecule has 0 aromatic rings. The van der Waals surface area contributed by atoms with E-state index < -0.39 is 0 Å². The lowest BCUT2D eigenvalue weighted by Crippen LogP contribution is -2.34. The van der Waals surface area contributed by atoms with E-state index in [9.17, 15) is 9.59 Å². The van der Waals surface area contributed by atoms with Gasteiger partial charge in [0.25, 0.3) is 0 Å². The first-order chi connectivity index (χ1) is 7.40. The lowest BCUT2D eigenvalue weighted by molar-refractivity contribution is -0.142. The standard InChI is InChI=1S/C14H24O2/c1-9(2)5-11-7-12(6-10(3)4)14(16)13(15)8-11/h9-12H,5-8H2,1-4H3/t11-,12+/m0/s1. The number of ketones is 2. The Morgan fingerprint density at radius 1 is 1.06 bits per heavy atom. The van der Waals surface area contributed by atoms with Gasteiger partial charge in [-0.1, -0.05) is 27.7 Å². The number of hydrogen-bond donors (Lipinski definition) is 0. The fourth-order valence-corrected chi connectivity index (χ4v) is 2.80. The number of hydrogen-bond acceptors (Lipinski definition) is 2.